The quantitative estimate of drug-likeness (QED) is 0.937. The summed E-state index contributed by atoms with van der Waals surface area (Å²) in [7, 11) is 1.59. The van der Waals surface area contributed by atoms with Gasteiger partial charge in [0.1, 0.15) is 5.69 Å². The normalized spacial score (nSPS) is 14.8. The highest BCUT2D eigenvalue weighted by Gasteiger charge is 2.34. The fourth-order valence-corrected chi connectivity index (χ4v) is 2.65. The van der Waals surface area contributed by atoms with Crippen molar-refractivity contribution in [3.05, 3.63) is 41.2 Å². The number of nitrogens with zero attached hydrogens (tertiary/aromatic N) is 4. The Balaban J connectivity index is 1.78. The number of hydrogen-bond donors (Lipinski definition) is 1. The van der Waals surface area contributed by atoms with Crippen molar-refractivity contribution in [3.63, 3.8) is 0 Å². The summed E-state index contributed by atoms with van der Waals surface area (Å²) in [5.74, 6) is -0.403. The first-order valence-electron chi connectivity index (χ1n) is 6.89. The molecule has 0 radical (unpaired) electrons. The Morgan fingerprint density at radius 1 is 1.35 bits per heavy atom. The third-order valence-electron chi connectivity index (χ3n) is 3.65. The van der Waals surface area contributed by atoms with Crippen molar-refractivity contribution >= 4 is 11.6 Å². The summed E-state index contributed by atoms with van der Waals surface area (Å²) >= 11 is 0. The minimum Gasteiger partial charge on any atom is -0.320 e. The maximum atomic E-state index is 12.5. The van der Waals surface area contributed by atoms with Gasteiger partial charge in [-0.25, -0.2) is 4.68 Å². The van der Waals surface area contributed by atoms with E-state index >= 15 is 0 Å². The van der Waals surface area contributed by atoms with Crippen LogP contribution in [0.15, 0.2) is 24.4 Å². The van der Waals surface area contributed by atoms with Gasteiger partial charge in [-0.2, -0.15) is 13.2 Å². The Labute approximate surface area is 129 Å². The molecule has 1 aliphatic rings. The molecule has 2 aromatic rings. The number of fused-ring (bicyclic) bond motifs is 1. The molecule has 23 heavy (non-hydrogen) atoms. The van der Waals surface area contributed by atoms with Crippen molar-refractivity contribution < 1.29 is 18.0 Å². The van der Waals surface area contributed by atoms with Crippen LogP contribution in [0.5, 0.6) is 0 Å². The third kappa shape index (κ3) is 3.34. The van der Waals surface area contributed by atoms with Crippen molar-refractivity contribution in [2.24, 2.45) is 7.05 Å². The number of nitrogens with one attached hydrogen (secondary N) is 1. The van der Waals surface area contributed by atoms with Gasteiger partial charge in [-0.3, -0.25) is 9.69 Å². The number of hydrogen-bond acceptors (Lipinski definition) is 4. The molecule has 122 valence electrons. The van der Waals surface area contributed by atoms with Crippen LogP contribution in [0.3, 0.4) is 0 Å². The highest BCUT2D eigenvalue weighted by molar-refractivity contribution is 6.03. The van der Waals surface area contributed by atoms with Crippen LogP contribution in [0.1, 0.15) is 21.6 Å². The summed E-state index contributed by atoms with van der Waals surface area (Å²) < 4.78 is 39.0. The maximum Gasteiger partial charge on any atom is 0.401 e. The summed E-state index contributed by atoms with van der Waals surface area (Å²) in [6, 6.07) is 5.16. The first-order valence-corrected chi connectivity index (χ1v) is 6.89. The molecule has 6 nitrogen and oxygen atoms in total. The van der Waals surface area contributed by atoms with E-state index in [-0.39, 0.29) is 18.8 Å². The molecule has 0 aliphatic carbocycles. The molecule has 3 rings (SSSR count). The van der Waals surface area contributed by atoms with E-state index in [1.54, 1.807) is 25.2 Å². The molecule has 1 aliphatic heterocycles. The molecule has 2 heterocycles. The lowest BCUT2D eigenvalue weighted by Gasteiger charge is -2.17. The minimum atomic E-state index is -4.24. The van der Waals surface area contributed by atoms with E-state index in [2.05, 4.69) is 15.6 Å². The number of carbonyl (C=O) groups excluding carboxylic acids is 1. The number of anilines is 1. The van der Waals surface area contributed by atoms with Gasteiger partial charge in [-0.05, 0) is 17.2 Å². The first-order chi connectivity index (χ1) is 10.8. The Morgan fingerprint density at radius 2 is 2.13 bits per heavy atom. The van der Waals surface area contributed by atoms with Crippen LogP contribution >= 0.6 is 0 Å². The number of halogens is 3. The summed E-state index contributed by atoms with van der Waals surface area (Å²) in [5, 5.41) is 10.0. The average molecular weight is 325 g/mol. The fraction of sp³-hybridized carbons (Fsp3) is 0.357. The Hall–Kier alpha value is -2.42. The number of amides is 1. The molecule has 0 unspecified atom stereocenters. The molecule has 0 atom stereocenters. The topological polar surface area (TPSA) is 63.1 Å². The number of rotatable bonds is 3. The molecule has 0 fully saturated rings. The molecule has 1 N–H and O–H groups in total. The molecule has 1 aromatic heterocycles. The monoisotopic (exact) mass is 325 g/mol. The highest BCUT2D eigenvalue weighted by Crippen LogP contribution is 2.31. The van der Waals surface area contributed by atoms with E-state index in [9.17, 15) is 18.0 Å². The number of alkyl halides is 3. The molecule has 1 amide bonds. The van der Waals surface area contributed by atoms with Gasteiger partial charge in [0.2, 0.25) is 0 Å². The molecule has 0 spiro atoms. The summed E-state index contributed by atoms with van der Waals surface area (Å²) in [5.41, 5.74) is 2.28. The average Bonchev–Trinajstić information content (AvgIpc) is 3.03. The number of benzene rings is 1. The van der Waals surface area contributed by atoms with E-state index in [1.807, 2.05) is 0 Å². The van der Waals surface area contributed by atoms with Gasteiger partial charge in [0.25, 0.3) is 5.91 Å². The lowest BCUT2D eigenvalue weighted by Crippen LogP contribution is -2.30. The molecular weight excluding hydrogens is 311 g/mol. The molecule has 0 bridgehead atoms. The Morgan fingerprint density at radius 3 is 2.78 bits per heavy atom. The predicted molar refractivity (Wildman–Crippen MR) is 75.6 cm³/mol. The van der Waals surface area contributed by atoms with Gasteiger partial charge in [-0.15, -0.1) is 5.10 Å². The maximum absolute atomic E-state index is 12.5. The van der Waals surface area contributed by atoms with E-state index < -0.39 is 18.6 Å². The lowest BCUT2D eigenvalue weighted by molar-refractivity contribution is -0.146. The smallest absolute Gasteiger partial charge is 0.320 e. The summed E-state index contributed by atoms with van der Waals surface area (Å²) in [4.78, 5) is 13.5. The van der Waals surface area contributed by atoms with Gasteiger partial charge in [-0.1, -0.05) is 17.3 Å². The minimum absolute atomic E-state index is 0.148. The lowest BCUT2D eigenvalue weighted by atomic mass is 10.1. The van der Waals surface area contributed by atoms with Crippen molar-refractivity contribution in [1.82, 2.24) is 19.9 Å². The standard InChI is InChI=1S/C14H14F3N5O/c1-21-12(5-18-20-21)13(23)19-11-4-2-3-9-6-22(7-10(9)11)8-14(15,16)17/h2-5H,6-8H2,1H3,(H,19,23). The van der Waals surface area contributed by atoms with Crippen molar-refractivity contribution in [1.29, 1.82) is 0 Å². The van der Waals surface area contributed by atoms with Crippen LogP contribution < -0.4 is 5.32 Å². The van der Waals surface area contributed by atoms with Gasteiger partial charge in [0.05, 0.1) is 12.7 Å². The predicted octanol–water partition coefficient (Wildman–Crippen LogP) is 1.95. The van der Waals surface area contributed by atoms with Crippen LogP contribution in [0.25, 0.3) is 0 Å². The SMILES string of the molecule is Cn1nncc1C(=O)Nc1cccc2c1CN(CC(F)(F)F)C2. The van der Waals surface area contributed by atoms with Gasteiger partial charge < -0.3 is 5.32 Å². The number of aryl methyl sites for hydroxylation is 1. The summed E-state index contributed by atoms with van der Waals surface area (Å²) in [6.07, 6.45) is -2.92. The van der Waals surface area contributed by atoms with Crippen LogP contribution in [0, 0.1) is 0 Å². The van der Waals surface area contributed by atoms with Crippen molar-refractivity contribution in [2.75, 3.05) is 11.9 Å². The van der Waals surface area contributed by atoms with Crippen molar-refractivity contribution in [2.45, 2.75) is 19.3 Å². The van der Waals surface area contributed by atoms with Gasteiger partial charge in [0, 0.05) is 25.8 Å². The van der Waals surface area contributed by atoms with Crippen LogP contribution in [-0.4, -0.2) is 38.5 Å². The van der Waals surface area contributed by atoms with Crippen LogP contribution in [0.4, 0.5) is 18.9 Å². The summed E-state index contributed by atoms with van der Waals surface area (Å²) in [6.45, 7) is -0.610. The molecule has 0 saturated carbocycles. The van der Waals surface area contributed by atoms with E-state index in [0.717, 1.165) is 5.56 Å². The highest BCUT2D eigenvalue weighted by atomic mass is 19.4. The second-order valence-electron chi connectivity index (χ2n) is 5.40. The number of carbonyl (C=O) groups is 1. The third-order valence-corrected chi connectivity index (χ3v) is 3.65. The Bertz CT molecular complexity index is 740. The van der Waals surface area contributed by atoms with E-state index in [4.69, 9.17) is 0 Å². The molecule has 1 aromatic carbocycles. The fourth-order valence-electron chi connectivity index (χ4n) is 2.65. The molecule has 9 heteroatoms. The Kier molecular flexibility index (Phi) is 3.80. The second-order valence-corrected chi connectivity index (χ2v) is 5.40. The van der Waals surface area contributed by atoms with Crippen LogP contribution in [0.2, 0.25) is 0 Å². The van der Waals surface area contributed by atoms with Crippen LogP contribution in [-0.2, 0) is 20.1 Å². The zero-order valence-corrected chi connectivity index (χ0v) is 12.3. The zero-order valence-electron chi connectivity index (χ0n) is 12.3. The van der Waals surface area contributed by atoms with Gasteiger partial charge >= 0.3 is 6.18 Å². The van der Waals surface area contributed by atoms with E-state index in [0.29, 0.717) is 11.3 Å². The van der Waals surface area contributed by atoms with Crippen molar-refractivity contribution in [3.8, 4) is 0 Å². The number of aromatic nitrogens is 3. The first kappa shape index (κ1) is 15.5. The zero-order chi connectivity index (χ0) is 16.6. The molecule has 0 saturated heterocycles. The van der Waals surface area contributed by atoms with E-state index in [1.165, 1.54) is 15.8 Å². The molecular formula is C14H14F3N5O. The second kappa shape index (κ2) is 5.65. The van der Waals surface area contributed by atoms with Gasteiger partial charge in [0.15, 0.2) is 0 Å². The largest absolute Gasteiger partial charge is 0.401 e.